The Kier molecular flexibility index (Phi) is 4.65. The first-order valence-corrected chi connectivity index (χ1v) is 10.6. The molecular formula is C13H16ClNO4S2. The Balaban J connectivity index is 2.33. The predicted octanol–water partition coefficient (Wildman–Crippen LogP) is 2.39. The minimum absolute atomic E-state index is 0.0538. The maximum Gasteiger partial charge on any atom is 0.263 e. The number of benzene rings is 1. The molecule has 21 heavy (non-hydrogen) atoms. The smallest absolute Gasteiger partial charge is 0.263 e. The molecule has 1 heterocycles. The van der Waals surface area contributed by atoms with E-state index in [1.165, 1.54) is 6.20 Å². The summed E-state index contributed by atoms with van der Waals surface area (Å²) >= 11 is 0. The molecule has 1 aromatic heterocycles. The van der Waals surface area contributed by atoms with Gasteiger partial charge in [-0.3, -0.25) is 0 Å². The zero-order chi connectivity index (χ0) is 15.7. The van der Waals surface area contributed by atoms with Gasteiger partial charge in [0.15, 0.2) is 0 Å². The minimum atomic E-state index is -3.83. The lowest BCUT2D eigenvalue weighted by atomic mass is 10.2. The Labute approximate surface area is 128 Å². The van der Waals surface area contributed by atoms with Gasteiger partial charge < -0.3 is 4.57 Å². The first kappa shape index (κ1) is 16.3. The summed E-state index contributed by atoms with van der Waals surface area (Å²) in [4.78, 5) is 0.0538. The zero-order valence-electron chi connectivity index (χ0n) is 11.5. The highest BCUT2D eigenvalue weighted by Crippen LogP contribution is 2.28. The second kappa shape index (κ2) is 5.98. The molecule has 0 atom stereocenters. The summed E-state index contributed by atoms with van der Waals surface area (Å²) in [5.41, 5.74) is 0.727. The van der Waals surface area contributed by atoms with E-state index in [4.69, 9.17) is 10.7 Å². The molecule has 2 rings (SSSR count). The molecule has 0 bridgehead atoms. The largest absolute Gasteiger partial charge is 0.346 e. The molecule has 0 spiro atoms. The van der Waals surface area contributed by atoms with Crippen molar-refractivity contribution in [2.45, 2.75) is 24.8 Å². The average Bonchev–Trinajstić information content (AvgIpc) is 2.78. The van der Waals surface area contributed by atoms with Crippen LogP contribution >= 0.6 is 10.7 Å². The summed E-state index contributed by atoms with van der Waals surface area (Å²) in [6.45, 7) is 2.03. The normalized spacial score (nSPS) is 12.9. The van der Waals surface area contributed by atoms with Crippen molar-refractivity contribution in [1.82, 2.24) is 4.57 Å². The van der Waals surface area contributed by atoms with Crippen LogP contribution in [0.15, 0.2) is 35.4 Å². The molecule has 0 aliphatic carbocycles. The maximum absolute atomic E-state index is 11.6. The molecule has 0 saturated heterocycles. The van der Waals surface area contributed by atoms with Crippen LogP contribution in [0.4, 0.5) is 0 Å². The van der Waals surface area contributed by atoms with Gasteiger partial charge in [0.25, 0.3) is 9.05 Å². The number of aryl methyl sites for hydroxylation is 1. The molecule has 1 aromatic carbocycles. The second-order valence-corrected chi connectivity index (χ2v) is 9.74. The van der Waals surface area contributed by atoms with Gasteiger partial charge in [-0.05, 0) is 12.5 Å². The number of sulfone groups is 1. The van der Waals surface area contributed by atoms with Crippen molar-refractivity contribution in [1.29, 1.82) is 0 Å². The van der Waals surface area contributed by atoms with Crippen molar-refractivity contribution in [2.24, 2.45) is 0 Å². The fraction of sp³-hybridized carbons (Fsp3) is 0.385. The van der Waals surface area contributed by atoms with Crippen LogP contribution in [-0.4, -0.2) is 32.9 Å². The van der Waals surface area contributed by atoms with Crippen LogP contribution in [-0.2, 0) is 25.4 Å². The van der Waals surface area contributed by atoms with E-state index < -0.39 is 18.9 Å². The minimum Gasteiger partial charge on any atom is -0.346 e. The lowest BCUT2D eigenvalue weighted by Gasteiger charge is -2.05. The van der Waals surface area contributed by atoms with E-state index in [0.717, 1.165) is 5.52 Å². The molecular weight excluding hydrogens is 334 g/mol. The van der Waals surface area contributed by atoms with Crippen molar-refractivity contribution < 1.29 is 16.8 Å². The Bertz CT molecular complexity index is 853. The number of hydrogen-bond acceptors (Lipinski definition) is 4. The van der Waals surface area contributed by atoms with Gasteiger partial charge in [0.2, 0.25) is 0 Å². The van der Waals surface area contributed by atoms with Crippen LogP contribution in [0.5, 0.6) is 0 Å². The van der Waals surface area contributed by atoms with Gasteiger partial charge in [0.1, 0.15) is 14.7 Å². The van der Waals surface area contributed by atoms with Crippen molar-refractivity contribution >= 4 is 40.5 Å². The Morgan fingerprint density at radius 3 is 2.43 bits per heavy atom. The number of para-hydroxylation sites is 1. The number of halogens is 1. The summed E-state index contributed by atoms with van der Waals surface area (Å²) in [7, 11) is -1.41. The van der Waals surface area contributed by atoms with Crippen molar-refractivity contribution in [3.63, 3.8) is 0 Å². The Morgan fingerprint density at radius 1 is 1.14 bits per heavy atom. The number of fused-ring (bicyclic) bond motifs is 1. The molecule has 0 saturated carbocycles. The van der Waals surface area contributed by atoms with Crippen molar-refractivity contribution in [2.75, 3.05) is 11.5 Å². The third-order valence-corrected chi connectivity index (χ3v) is 6.45. The topological polar surface area (TPSA) is 73.2 Å². The van der Waals surface area contributed by atoms with Crippen LogP contribution in [0.1, 0.15) is 13.3 Å². The van der Waals surface area contributed by atoms with E-state index in [1.807, 2.05) is 0 Å². The predicted molar refractivity (Wildman–Crippen MR) is 83.9 cm³/mol. The molecule has 0 aliphatic heterocycles. The SMILES string of the molecule is CCS(=O)(=O)CCCn1cc(S(=O)(=O)Cl)c2ccccc21. The van der Waals surface area contributed by atoms with Gasteiger partial charge in [0.05, 0.1) is 5.75 Å². The fourth-order valence-corrected chi connectivity index (χ4v) is 4.11. The van der Waals surface area contributed by atoms with Crippen LogP contribution in [0, 0.1) is 0 Å². The van der Waals surface area contributed by atoms with Crippen LogP contribution in [0.2, 0.25) is 0 Å². The highest BCUT2D eigenvalue weighted by Gasteiger charge is 2.18. The van der Waals surface area contributed by atoms with Gasteiger partial charge in [-0.15, -0.1) is 0 Å². The molecule has 0 fully saturated rings. The number of nitrogens with zero attached hydrogens (tertiary/aromatic N) is 1. The maximum atomic E-state index is 11.6. The van der Waals surface area contributed by atoms with Gasteiger partial charge in [-0.1, -0.05) is 25.1 Å². The Hall–Kier alpha value is -1.05. The van der Waals surface area contributed by atoms with E-state index in [0.29, 0.717) is 18.4 Å². The number of aromatic nitrogens is 1. The average molecular weight is 350 g/mol. The molecule has 0 N–H and O–H groups in total. The van der Waals surface area contributed by atoms with Crippen molar-refractivity contribution in [3.05, 3.63) is 30.5 Å². The quantitative estimate of drug-likeness (QED) is 0.750. The lowest BCUT2D eigenvalue weighted by molar-refractivity contribution is 0.588. The molecule has 116 valence electrons. The summed E-state index contributed by atoms with van der Waals surface area (Å²) < 4.78 is 47.9. The van der Waals surface area contributed by atoms with Crippen molar-refractivity contribution in [3.8, 4) is 0 Å². The first-order chi connectivity index (χ1) is 9.74. The highest BCUT2D eigenvalue weighted by atomic mass is 35.7. The third-order valence-electron chi connectivity index (χ3n) is 3.31. The molecule has 0 aliphatic rings. The van der Waals surface area contributed by atoms with E-state index in [1.54, 1.807) is 35.8 Å². The zero-order valence-corrected chi connectivity index (χ0v) is 13.9. The standard InChI is InChI=1S/C13H16ClNO4S2/c1-2-20(16,17)9-5-8-15-10-13(21(14,18)19)11-6-3-4-7-12(11)15/h3-4,6-7,10H,2,5,8-9H2,1H3. The number of hydrogen-bond donors (Lipinski definition) is 0. The Morgan fingerprint density at radius 2 is 1.81 bits per heavy atom. The fourth-order valence-electron chi connectivity index (χ4n) is 2.19. The van der Waals surface area contributed by atoms with E-state index in [-0.39, 0.29) is 16.4 Å². The van der Waals surface area contributed by atoms with E-state index >= 15 is 0 Å². The lowest BCUT2D eigenvalue weighted by Crippen LogP contribution is -2.11. The summed E-state index contributed by atoms with van der Waals surface area (Å²) in [6, 6.07) is 7.01. The van der Waals surface area contributed by atoms with Gasteiger partial charge >= 0.3 is 0 Å². The van der Waals surface area contributed by atoms with E-state index in [9.17, 15) is 16.8 Å². The van der Waals surface area contributed by atoms with Crippen LogP contribution in [0.3, 0.4) is 0 Å². The molecule has 0 unspecified atom stereocenters. The van der Waals surface area contributed by atoms with Crippen LogP contribution in [0.25, 0.3) is 10.9 Å². The molecule has 0 radical (unpaired) electrons. The monoisotopic (exact) mass is 349 g/mol. The summed E-state index contributed by atoms with van der Waals surface area (Å²) in [5.74, 6) is 0.194. The van der Waals surface area contributed by atoms with Gasteiger partial charge in [-0.2, -0.15) is 0 Å². The summed E-state index contributed by atoms with van der Waals surface area (Å²) in [5, 5.41) is 0.547. The van der Waals surface area contributed by atoms with Crippen LogP contribution < -0.4 is 0 Å². The summed E-state index contributed by atoms with van der Waals surface area (Å²) in [6.07, 6.45) is 1.89. The first-order valence-electron chi connectivity index (χ1n) is 6.47. The molecule has 2 aromatic rings. The van der Waals surface area contributed by atoms with E-state index in [2.05, 4.69) is 0 Å². The molecule has 0 amide bonds. The van der Waals surface area contributed by atoms with Gasteiger partial charge in [0, 0.05) is 40.1 Å². The molecule has 5 nitrogen and oxygen atoms in total. The third kappa shape index (κ3) is 3.78. The highest BCUT2D eigenvalue weighted by molar-refractivity contribution is 8.14. The second-order valence-electron chi connectivity index (χ2n) is 4.73. The van der Waals surface area contributed by atoms with Gasteiger partial charge in [-0.25, -0.2) is 16.8 Å². The molecule has 8 heteroatoms. The number of rotatable bonds is 6.